The molecule has 0 unspecified atom stereocenters. The number of fused-ring (bicyclic) bond motifs is 1. The summed E-state index contributed by atoms with van der Waals surface area (Å²) in [6.07, 6.45) is 3.37. The number of nitrogens with zero attached hydrogens (tertiary/aromatic N) is 2. The highest BCUT2D eigenvalue weighted by Crippen LogP contribution is 2.32. The third-order valence-corrected chi connectivity index (χ3v) is 5.14. The maximum Gasteiger partial charge on any atom is 0.257 e. The molecule has 0 saturated carbocycles. The molecule has 0 bridgehead atoms. The van der Waals surface area contributed by atoms with Crippen molar-refractivity contribution < 1.29 is 13.6 Å². The molecule has 27 heavy (non-hydrogen) atoms. The van der Waals surface area contributed by atoms with E-state index in [2.05, 4.69) is 26.2 Å². The quantitative estimate of drug-likeness (QED) is 0.615. The minimum atomic E-state index is -0.481. The molecule has 1 fully saturated rings. The fourth-order valence-electron chi connectivity index (χ4n) is 3.28. The Bertz CT molecular complexity index is 1040. The molecule has 0 radical (unpaired) electrons. The van der Waals surface area contributed by atoms with E-state index in [0.717, 1.165) is 12.8 Å². The molecule has 1 saturated heterocycles. The van der Waals surface area contributed by atoms with Gasteiger partial charge in [-0.25, -0.2) is 8.78 Å². The van der Waals surface area contributed by atoms with Crippen molar-refractivity contribution in [3.63, 3.8) is 0 Å². The predicted octanol–water partition coefficient (Wildman–Crippen LogP) is 5.26. The van der Waals surface area contributed by atoms with Crippen molar-refractivity contribution in [2.75, 3.05) is 18.4 Å². The normalized spacial score (nSPS) is 14.0. The van der Waals surface area contributed by atoms with E-state index in [1.807, 2.05) is 0 Å². The summed E-state index contributed by atoms with van der Waals surface area (Å²) in [5.41, 5.74) is 1.38. The zero-order chi connectivity index (χ0) is 19.0. The highest BCUT2D eigenvalue weighted by Gasteiger charge is 2.24. The van der Waals surface area contributed by atoms with Gasteiger partial charge in [-0.2, -0.15) is 0 Å². The number of hydrogen-bond acceptors (Lipinski definition) is 3. The average molecular weight is 432 g/mol. The molecule has 2 aromatic carbocycles. The second-order valence-corrected chi connectivity index (χ2v) is 7.37. The van der Waals surface area contributed by atoms with Gasteiger partial charge in [0.2, 0.25) is 0 Å². The van der Waals surface area contributed by atoms with Crippen LogP contribution in [0.25, 0.3) is 10.9 Å². The fourth-order valence-corrected chi connectivity index (χ4v) is 3.61. The maximum atomic E-state index is 14.4. The summed E-state index contributed by atoms with van der Waals surface area (Å²) in [7, 11) is 0. The Morgan fingerprint density at radius 1 is 1.11 bits per heavy atom. The van der Waals surface area contributed by atoms with Crippen molar-refractivity contribution in [3.05, 3.63) is 64.3 Å². The number of rotatable bonds is 3. The van der Waals surface area contributed by atoms with E-state index in [0.29, 0.717) is 39.7 Å². The third kappa shape index (κ3) is 3.51. The largest absolute Gasteiger partial charge is 0.352 e. The molecule has 1 aliphatic heterocycles. The summed E-state index contributed by atoms with van der Waals surface area (Å²) in [4.78, 5) is 19.0. The topological polar surface area (TPSA) is 45.2 Å². The highest BCUT2D eigenvalue weighted by molar-refractivity contribution is 9.10. The summed E-state index contributed by atoms with van der Waals surface area (Å²) >= 11 is 3.23. The van der Waals surface area contributed by atoms with Crippen LogP contribution in [0.5, 0.6) is 0 Å². The van der Waals surface area contributed by atoms with E-state index in [-0.39, 0.29) is 11.6 Å². The van der Waals surface area contributed by atoms with Crippen molar-refractivity contribution in [1.29, 1.82) is 0 Å². The molecule has 0 spiro atoms. The lowest BCUT2D eigenvalue weighted by molar-refractivity contribution is 0.0793. The van der Waals surface area contributed by atoms with Gasteiger partial charge >= 0.3 is 0 Å². The van der Waals surface area contributed by atoms with Gasteiger partial charge in [0, 0.05) is 29.1 Å². The molecule has 0 atom stereocenters. The molecule has 1 aliphatic rings. The second kappa shape index (κ2) is 7.23. The van der Waals surface area contributed by atoms with Crippen LogP contribution >= 0.6 is 15.9 Å². The number of nitrogens with one attached hydrogen (secondary N) is 1. The Labute approximate surface area is 163 Å². The van der Waals surface area contributed by atoms with Gasteiger partial charge in [-0.3, -0.25) is 9.78 Å². The molecular weight excluding hydrogens is 416 g/mol. The molecule has 1 aromatic heterocycles. The number of likely N-dealkylation sites (tertiary alicyclic amines) is 1. The number of benzene rings is 2. The fraction of sp³-hybridized carbons (Fsp3) is 0.200. The van der Waals surface area contributed by atoms with Gasteiger partial charge in [0.25, 0.3) is 5.91 Å². The number of hydrogen-bond donors (Lipinski definition) is 1. The van der Waals surface area contributed by atoms with Gasteiger partial charge in [-0.1, -0.05) is 15.9 Å². The lowest BCUT2D eigenvalue weighted by Gasteiger charge is -2.20. The lowest BCUT2D eigenvalue weighted by atomic mass is 10.1. The number of halogens is 3. The maximum absolute atomic E-state index is 14.4. The lowest BCUT2D eigenvalue weighted by Crippen LogP contribution is -2.28. The summed E-state index contributed by atoms with van der Waals surface area (Å²) in [5, 5.41) is 3.43. The van der Waals surface area contributed by atoms with E-state index in [9.17, 15) is 13.6 Å². The van der Waals surface area contributed by atoms with Crippen molar-refractivity contribution in [3.8, 4) is 0 Å². The van der Waals surface area contributed by atoms with E-state index in [1.165, 1.54) is 30.5 Å². The van der Waals surface area contributed by atoms with Crippen LogP contribution in [0.4, 0.5) is 20.2 Å². The molecular formula is C20H16BrF2N3O. The SMILES string of the molecule is O=C(c1cnc2ccc(F)cc2c1Nc1ccc(Br)cc1F)N1CCCC1. The summed E-state index contributed by atoms with van der Waals surface area (Å²) < 4.78 is 28.9. The summed E-state index contributed by atoms with van der Waals surface area (Å²) in [5.74, 6) is -1.12. The third-order valence-electron chi connectivity index (χ3n) is 4.64. The molecule has 4 nitrogen and oxygen atoms in total. The van der Waals surface area contributed by atoms with Crippen LogP contribution in [-0.2, 0) is 0 Å². The first-order valence-corrected chi connectivity index (χ1v) is 9.42. The molecule has 3 aromatic rings. The minimum absolute atomic E-state index is 0.189. The molecule has 7 heteroatoms. The van der Waals surface area contributed by atoms with Crippen molar-refractivity contribution in [1.82, 2.24) is 9.88 Å². The number of anilines is 2. The van der Waals surface area contributed by atoms with E-state index >= 15 is 0 Å². The molecule has 138 valence electrons. The van der Waals surface area contributed by atoms with Crippen LogP contribution in [0.15, 0.2) is 47.1 Å². The standard InChI is InChI=1S/C20H16BrF2N3O/c21-12-3-5-18(16(23)9-12)25-19-14-10-13(22)4-6-17(14)24-11-15(19)20(27)26-7-1-2-8-26/h3-6,9-11H,1-2,7-8H2,(H,24,25). The Morgan fingerprint density at radius 3 is 2.63 bits per heavy atom. The van der Waals surface area contributed by atoms with E-state index < -0.39 is 11.6 Å². The monoisotopic (exact) mass is 431 g/mol. The Hall–Kier alpha value is -2.54. The van der Waals surface area contributed by atoms with Crippen LogP contribution in [0, 0.1) is 11.6 Å². The smallest absolute Gasteiger partial charge is 0.257 e. The zero-order valence-corrected chi connectivity index (χ0v) is 15.9. The predicted molar refractivity (Wildman–Crippen MR) is 104 cm³/mol. The summed E-state index contributed by atoms with van der Waals surface area (Å²) in [6.45, 7) is 1.35. The molecule has 0 aliphatic carbocycles. The number of carbonyl (C=O) groups excluding carboxylic acids is 1. The van der Waals surface area contributed by atoms with Crippen molar-refractivity contribution >= 4 is 44.1 Å². The molecule has 4 rings (SSSR count). The van der Waals surface area contributed by atoms with Gasteiger partial charge in [0.15, 0.2) is 0 Å². The first-order valence-electron chi connectivity index (χ1n) is 8.62. The minimum Gasteiger partial charge on any atom is -0.352 e. The average Bonchev–Trinajstić information content (AvgIpc) is 3.18. The van der Waals surface area contributed by atoms with Crippen LogP contribution < -0.4 is 5.32 Å². The van der Waals surface area contributed by atoms with E-state index in [1.54, 1.807) is 17.0 Å². The van der Waals surface area contributed by atoms with Gasteiger partial charge in [-0.15, -0.1) is 0 Å². The Morgan fingerprint density at radius 2 is 1.89 bits per heavy atom. The number of carbonyl (C=O) groups is 1. The number of aromatic nitrogens is 1. The van der Waals surface area contributed by atoms with Gasteiger partial charge < -0.3 is 10.2 Å². The molecule has 1 amide bonds. The first kappa shape index (κ1) is 17.9. The van der Waals surface area contributed by atoms with Gasteiger partial charge in [0.05, 0.1) is 22.5 Å². The van der Waals surface area contributed by atoms with Crippen molar-refractivity contribution in [2.45, 2.75) is 12.8 Å². The highest BCUT2D eigenvalue weighted by atomic mass is 79.9. The van der Waals surface area contributed by atoms with E-state index in [4.69, 9.17) is 0 Å². The first-order chi connectivity index (χ1) is 13.0. The molecule has 2 heterocycles. The Kier molecular flexibility index (Phi) is 4.78. The number of amides is 1. The summed E-state index contributed by atoms with van der Waals surface area (Å²) in [6, 6.07) is 8.74. The Balaban J connectivity index is 1.87. The van der Waals surface area contributed by atoms with Gasteiger partial charge in [-0.05, 0) is 49.2 Å². The van der Waals surface area contributed by atoms with Gasteiger partial charge in [0.1, 0.15) is 11.6 Å². The van der Waals surface area contributed by atoms with Crippen LogP contribution in [-0.4, -0.2) is 28.9 Å². The van der Waals surface area contributed by atoms with Crippen molar-refractivity contribution in [2.24, 2.45) is 0 Å². The van der Waals surface area contributed by atoms with Crippen LogP contribution in [0.2, 0.25) is 0 Å². The number of pyridine rings is 1. The second-order valence-electron chi connectivity index (χ2n) is 6.46. The molecule has 1 N–H and O–H groups in total. The van der Waals surface area contributed by atoms with Crippen LogP contribution in [0.1, 0.15) is 23.2 Å². The van der Waals surface area contributed by atoms with Crippen LogP contribution in [0.3, 0.4) is 0 Å². The zero-order valence-electron chi connectivity index (χ0n) is 14.3.